The number of aromatic nitrogens is 1. The number of amides is 1. The second-order valence-electron chi connectivity index (χ2n) is 6.19. The minimum Gasteiger partial charge on any atom is -0.373 e. The third-order valence-electron chi connectivity index (χ3n) is 4.59. The van der Waals surface area contributed by atoms with Gasteiger partial charge in [0.15, 0.2) is 9.84 Å². The number of ether oxygens (including phenoxy) is 1. The van der Waals surface area contributed by atoms with Gasteiger partial charge in [0, 0.05) is 30.2 Å². The molecule has 4 rings (SSSR count). The van der Waals surface area contributed by atoms with Gasteiger partial charge < -0.3 is 14.2 Å². The van der Waals surface area contributed by atoms with E-state index in [1.54, 1.807) is 11.0 Å². The molecule has 6 nitrogen and oxygen atoms in total. The number of hydrogen-bond donors (Lipinski definition) is 0. The Balaban J connectivity index is 1.63. The fraction of sp³-hybridized carbons (Fsp3) is 0.353. The van der Waals surface area contributed by atoms with Crippen molar-refractivity contribution in [3.05, 3.63) is 54.4 Å². The summed E-state index contributed by atoms with van der Waals surface area (Å²) in [5.41, 5.74) is 1.46. The van der Waals surface area contributed by atoms with Gasteiger partial charge in [-0.05, 0) is 30.3 Å². The number of benzene rings is 1. The molecule has 2 fully saturated rings. The second kappa shape index (κ2) is 5.75. The maximum atomic E-state index is 12.9. The zero-order valence-electron chi connectivity index (χ0n) is 13.0. The largest absolute Gasteiger partial charge is 0.373 e. The topological polar surface area (TPSA) is 68.6 Å². The van der Waals surface area contributed by atoms with E-state index in [0.29, 0.717) is 18.7 Å². The Morgan fingerprint density at radius 1 is 1.12 bits per heavy atom. The van der Waals surface area contributed by atoms with Gasteiger partial charge in [-0.2, -0.15) is 0 Å². The van der Waals surface area contributed by atoms with Crippen LogP contribution < -0.4 is 0 Å². The highest BCUT2D eigenvalue weighted by molar-refractivity contribution is 7.91. The highest BCUT2D eigenvalue weighted by Gasteiger charge is 2.45. The van der Waals surface area contributed by atoms with Crippen molar-refractivity contribution in [1.82, 2.24) is 9.47 Å². The molecule has 0 saturated carbocycles. The first kappa shape index (κ1) is 15.4. The van der Waals surface area contributed by atoms with Crippen molar-refractivity contribution in [2.75, 3.05) is 24.7 Å². The zero-order chi connectivity index (χ0) is 16.7. The molecule has 24 heavy (non-hydrogen) atoms. The lowest BCUT2D eigenvalue weighted by atomic mass is 10.1. The van der Waals surface area contributed by atoms with Crippen LogP contribution in [0, 0.1) is 0 Å². The average molecular weight is 346 g/mol. The van der Waals surface area contributed by atoms with E-state index >= 15 is 0 Å². The summed E-state index contributed by atoms with van der Waals surface area (Å²) >= 11 is 0. The van der Waals surface area contributed by atoms with Gasteiger partial charge in [-0.25, -0.2) is 8.42 Å². The van der Waals surface area contributed by atoms with Gasteiger partial charge in [0.2, 0.25) is 0 Å². The van der Waals surface area contributed by atoms with Crippen LogP contribution in [-0.4, -0.2) is 60.6 Å². The molecule has 2 unspecified atom stereocenters. The van der Waals surface area contributed by atoms with E-state index in [1.807, 2.05) is 47.3 Å². The van der Waals surface area contributed by atoms with Gasteiger partial charge in [-0.1, -0.05) is 6.07 Å². The fourth-order valence-corrected chi connectivity index (χ4v) is 5.31. The van der Waals surface area contributed by atoms with Crippen molar-refractivity contribution in [2.45, 2.75) is 12.1 Å². The lowest BCUT2D eigenvalue weighted by molar-refractivity contribution is -0.0361. The molecule has 0 bridgehead atoms. The van der Waals surface area contributed by atoms with Crippen molar-refractivity contribution >= 4 is 15.7 Å². The van der Waals surface area contributed by atoms with Crippen LogP contribution in [0.2, 0.25) is 0 Å². The van der Waals surface area contributed by atoms with Gasteiger partial charge in [0.1, 0.15) is 0 Å². The first-order valence-electron chi connectivity index (χ1n) is 7.90. The van der Waals surface area contributed by atoms with Gasteiger partial charge in [0.05, 0.1) is 30.3 Å². The number of hydrogen-bond acceptors (Lipinski definition) is 4. The van der Waals surface area contributed by atoms with Crippen LogP contribution in [-0.2, 0) is 14.6 Å². The standard InChI is InChI=1S/C17H18N2O4S/c20-17(13-4-3-5-14(10-13)18-6-1-2-7-18)19-8-9-23-16-12-24(21,22)11-15(16)19/h1-7,10,15-16H,8-9,11-12H2. The minimum absolute atomic E-state index is 0.00482. The molecule has 2 aromatic rings. The Morgan fingerprint density at radius 2 is 1.92 bits per heavy atom. The number of carbonyl (C=O) groups is 1. The molecule has 0 aliphatic carbocycles. The Kier molecular flexibility index (Phi) is 3.69. The first-order chi connectivity index (χ1) is 11.5. The number of sulfone groups is 1. The van der Waals surface area contributed by atoms with E-state index in [9.17, 15) is 13.2 Å². The van der Waals surface area contributed by atoms with E-state index in [1.165, 1.54) is 0 Å². The summed E-state index contributed by atoms with van der Waals surface area (Å²) in [6, 6.07) is 10.8. The van der Waals surface area contributed by atoms with Crippen LogP contribution in [0.3, 0.4) is 0 Å². The van der Waals surface area contributed by atoms with Crippen molar-refractivity contribution in [2.24, 2.45) is 0 Å². The molecule has 2 aliphatic heterocycles. The van der Waals surface area contributed by atoms with Gasteiger partial charge in [-0.3, -0.25) is 4.79 Å². The number of carbonyl (C=O) groups excluding carboxylic acids is 1. The highest BCUT2D eigenvalue weighted by atomic mass is 32.2. The van der Waals surface area contributed by atoms with E-state index in [2.05, 4.69) is 0 Å². The maximum absolute atomic E-state index is 12.9. The predicted molar refractivity (Wildman–Crippen MR) is 89.0 cm³/mol. The van der Waals surface area contributed by atoms with E-state index in [0.717, 1.165) is 5.69 Å². The van der Waals surface area contributed by atoms with Crippen molar-refractivity contribution in [3.8, 4) is 5.69 Å². The molecule has 0 radical (unpaired) electrons. The van der Waals surface area contributed by atoms with Crippen LogP contribution in [0.25, 0.3) is 5.69 Å². The van der Waals surface area contributed by atoms with Crippen LogP contribution in [0.15, 0.2) is 48.8 Å². The summed E-state index contributed by atoms with van der Waals surface area (Å²) in [5, 5.41) is 0. The van der Waals surface area contributed by atoms with E-state index in [-0.39, 0.29) is 23.5 Å². The lowest BCUT2D eigenvalue weighted by Gasteiger charge is -2.36. The Hall–Kier alpha value is -2.12. The molecule has 3 heterocycles. The van der Waals surface area contributed by atoms with Crippen molar-refractivity contribution < 1.29 is 17.9 Å². The third-order valence-corrected chi connectivity index (χ3v) is 6.28. The summed E-state index contributed by atoms with van der Waals surface area (Å²) < 4.78 is 31.3. The van der Waals surface area contributed by atoms with Gasteiger partial charge >= 0.3 is 0 Å². The molecule has 1 amide bonds. The van der Waals surface area contributed by atoms with E-state index in [4.69, 9.17) is 4.74 Å². The monoisotopic (exact) mass is 346 g/mol. The molecular formula is C17H18N2O4S. The summed E-state index contributed by atoms with van der Waals surface area (Å²) in [6.45, 7) is 0.795. The smallest absolute Gasteiger partial charge is 0.254 e. The van der Waals surface area contributed by atoms with Gasteiger partial charge in [0.25, 0.3) is 5.91 Å². The highest BCUT2D eigenvalue weighted by Crippen LogP contribution is 2.26. The Morgan fingerprint density at radius 3 is 2.71 bits per heavy atom. The number of fused-ring (bicyclic) bond motifs is 1. The number of nitrogens with zero attached hydrogens (tertiary/aromatic N) is 2. The minimum atomic E-state index is -3.14. The Labute approximate surface area is 140 Å². The summed E-state index contributed by atoms with van der Waals surface area (Å²) in [5.74, 6) is -0.148. The molecule has 0 N–H and O–H groups in total. The quantitative estimate of drug-likeness (QED) is 0.817. The predicted octanol–water partition coefficient (Wildman–Crippen LogP) is 1.12. The molecule has 1 aromatic carbocycles. The zero-order valence-corrected chi connectivity index (χ0v) is 13.9. The molecule has 2 aliphatic rings. The number of morpholine rings is 1. The molecule has 126 valence electrons. The van der Waals surface area contributed by atoms with Crippen molar-refractivity contribution in [1.29, 1.82) is 0 Å². The third kappa shape index (κ3) is 2.74. The second-order valence-corrected chi connectivity index (χ2v) is 8.35. The van der Waals surface area contributed by atoms with Crippen LogP contribution in [0.5, 0.6) is 0 Å². The SMILES string of the molecule is O=C(c1cccc(-n2cccc2)c1)N1CCOC2CS(=O)(=O)CC21. The molecular weight excluding hydrogens is 328 g/mol. The summed E-state index contributed by atoms with van der Waals surface area (Å²) in [7, 11) is -3.14. The molecule has 2 saturated heterocycles. The normalized spacial score (nSPS) is 25.4. The summed E-state index contributed by atoms with van der Waals surface area (Å²) in [4.78, 5) is 14.6. The lowest BCUT2D eigenvalue weighted by Crippen LogP contribution is -2.53. The fourth-order valence-electron chi connectivity index (χ4n) is 3.44. The van der Waals surface area contributed by atoms with Gasteiger partial charge in [-0.15, -0.1) is 0 Å². The van der Waals surface area contributed by atoms with Crippen LogP contribution >= 0.6 is 0 Å². The van der Waals surface area contributed by atoms with Crippen LogP contribution in [0.4, 0.5) is 0 Å². The molecule has 0 spiro atoms. The molecule has 1 aromatic heterocycles. The first-order valence-corrected chi connectivity index (χ1v) is 9.72. The van der Waals surface area contributed by atoms with Crippen molar-refractivity contribution in [3.63, 3.8) is 0 Å². The summed E-state index contributed by atoms with van der Waals surface area (Å²) in [6.07, 6.45) is 3.43. The van der Waals surface area contributed by atoms with E-state index < -0.39 is 15.9 Å². The number of rotatable bonds is 2. The molecule has 2 atom stereocenters. The maximum Gasteiger partial charge on any atom is 0.254 e. The average Bonchev–Trinajstić information content (AvgIpc) is 3.19. The van der Waals surface area contributed by atoms with Crippen LogP contribution in [0.1, 0.15) is 10.4 Å². The molecule has 7 heteroatoms. The Bertz CT molecular complexity index is 860.